The van der Waals surface area contributed by atoms with Crippen LogP contribution in [-0.2, 0) is 0 Å². The normalized spacial score (nSPS) is 10.1. The molecule has 1 aromatic heterocycles. The van der Waals surface area contributed by atoms with Crippen LogP contribution in [0, 0.1) is 6.92 Å². The fourth-order valence-corrected chi connectivity index (χ4v) is 1.49. The first-order valence-corrected chi connectivity index (χ1v) is 5.09. The molecule has 0 saturated heterocycles. The van der Waals surface area contributed by atoms with Crippen LogP contribution in [0.3, 0.4) is 0 Å². The van der Waals surface area contributed by atoms with Gasteiger partial charge in [0.25, 0.3) is 0 Å². The molecule has 0 unspecified atom stereocenters. The van der Waals surface area contributed by atoms with Gasteiger partial charge in [0.05, 0.1) is 0 Å². The topological polar surface area (TPSA) is 25.8 Å². The SMILES string of the molecule is Cc1cccc(-c2cnc(Br)nc2)c1. The Morgan fingerprint density at radius 3 is 2.43 bits per heavy atom. The van der Waals surface area contributed by atoms with Crippen LogP contribution in [0.2, 0.25) is 0 Å². The third kappa shape index (κ3) is 1.99. The van der Waals surface area contributed by atoms with E-state index < -0.39 is 0 Å². The lowest BCUT2D eigenvalue weighted by Gasteiger charge is -2.01. The van der Waals surface area contributed by atoms with Crippen molar-refractivity contribution in [1.82, 2.24) is 9.97 Å². The van der Waals surface area contributed by atoms with E-state index in [1.54, 1.807) is 0 Å². The molecule has 2 rings (SSSR count). The van der Waals surface area contributed by atoms with Crippen LogP contribution < -0.4 is 0 Å². The van der Waals surface area contributed by atoms with Gasteiger partial charge in [-0.15, -0.1) is 0 Å². The van der Waals surface area contributed by atoms with E-state index in [4.69, 9.17) is 0 Å². The third-order valence-corrected chi connectivity index (χ3v) is 2.38. The molecule has 70 valence electrons. The molecular weight excluding hydrogens is 240 g/mol. The molecule has 14 heavy (non-hydrogen) atoms. The molecule has 0 aliphatic heterocycles. The van der Waals surface area contributed by atoms with Gasteiger partial charge in [-0.25, -0.2) is 9.97 Å². The lowest BCUT2D eigenvalue weighted by Crippen LogP contribution is -1.84. The summed E-state index contributed by atoms with van der Waals surface area (Å²) in [5.41, 5.74) is 3.43. The number of rotatable bonds is 1. The van der Waals surface area contributed by atoms with E-state index in [1.165, 1.54) is 5.56 Å². The van der Waals surface area contributed by atoms with Gasteiger partial charge in [0, 0.05) is 18.0 Å². The summed E-state index contributed by atoms with van der Waals surface area (Å²) in [5.74, 6) is 0. The van der Waals surface area contributed by atoms with Gasteiger partial charge in [-0.05, 0) is 28.4 Å². The van der Waals surface area contributed by atoms with Crippen molar-refractivity contribution in [1.29, 1.82) is 0 Å². The van der Waals surface area contributed by atoms with E-state index in [2.05, 4.69) is 51.0 Å². The Labute approximate surface area is 91.2 Å². The molecule has 0 saturated carbocycles. The van der Waals surface area contributed by atoms with Crippen LogP contribution in [0.25, 0.3) is 11.1 Å². The summed E-state index contributed by atoms with van der Waals surface area (Å²) >= 11 is 3.21. The van der Waals surface area contributed by atoms with Crippen molar-refractivity contribution in [3.63, 3.8) is 0 Å². The second-order valence-electron chi connectivity index (χ2n) is 3.11. The fraction of sp³-hybridized carbons (Fsp3) is 0.0909. The first-order valence-electron chi connectivity index (χ1n) is 4.30. The van der Waals surface area contributed by atoms with Gasteiger partial charge < -0.3 is 0 Å². The van der Waals surface area contributed by atoms with Crippen molar-refractivity contribution in [2.75, 3.05) is 0 Å². The quantitative estimate of drug-likeness (QED) is 0.725. The minimum absolute atomic E-state index is 0.619. The Bertz CT molecular complexity index is 437. The Morgan fingerprint density at radius 2 is 1.79 bits per heavy atom. The van der Waals surface area contributed by atoms with Gasteiger partial charge in [-0.3, -0.25) is 0 Å². The second-order valence-corrected chi connectivity index (χ2v) is 3.82. The number of aryl methyl sites for hydroxylation is 1. The Morgan fingerprint density at radius 1 is 1.07 bits per heavy atom. The zero-order valence-electron chi connectivity index (χ0n) is 7.74. The monoisotopic (exact) mass is 248 g/mol. The number of nitrogens with zero attached hydrogens (tertiary/aromatic N) is 2. The molecule has 2 nitrogen and oxygen atoms in total. The smallest absolute Gasteiger partial charge is 0.196 e. The minimum Gasteiger partial charge on any atom is -0.230 e. The summed E-state index contributed by atoms with van der Waals surface area (Å²) < 4.78 is 0.619. The summed E-state index contributed by atoms with van der Waals surface area (Å²) in [5, 5.41) is 0. The van der Waals surface area contributed by atoms with E-state index in [9.17, 15) is 0 Å². The minimum atomic E-state index is 0.619. The average Bonchev–Trinajstić information content (AvgIpc) is 2.19. The highest BCUT2D eigenvalue weighted by atomic mass is 79.9. The van der Waals surface area contributed by atoms with Gasteiger partial charge >= 0.3 is 0 Å². The number of hydrogen-bond acceptors (Lipinski definition) is 2. The molecule has 1 aromatic carbocycles. The summed E-state index contributed by atoms with van der Waals surface area (Å²) in [6.07, 6.45) is 3.62. The first kappa shape index (κ1) is 9.34. The van der Waals surface area contributed by atoms with Gasteiger partial charge in [0.2, 0.25) is 0 Å². The van der Waals surface area contributed by atoms with Crippen LogP contribution in [0.5, 0.6) is 0 Å². The number of aromatic nitrogens is 2. The van der Waals surface area contributed by atoms with Crippen molar-refractivity contribution >= 4 is 15.9 Å². The Balaban J connectivity index is 2.44. The summed E-state index contributed by atoms with van der Waals surface area (Å²) in [6.45, 7) is 2.07. The zero-order chi connectivity index (χ0) is 9.97. The number of benzene rings is 1. The van der Waals surface area contributed by atoms with E-state index in [0.717, 1.165) is 11.1 Å². The molecule has 0 aliphatic carbocycles. The predicted molar refractivity (Wildman–Crippen MR) is 59.9 cm³/mol. The highest BCUT2D eigenvalue weighted by molar-refractivity contribution is 9.10. The molecule has 0 N–H and O–H groups in total. The maximum Gasteiger partial charge on any atom is 0.196 e. The second kappa shape index (κ2) is 3.88. The highest BCUT2D eigenvalue weighted by Crippen LogP contribution is 2.18. The van der Waals surface area contributed by atoms with Gasteiger partial charge in [-0.1, -0.05) is 29.8 Å². The van der Waals surface area contributed by atoms with E-state index in [-0.39, 0.29) is 0 Å². The molecule has 0 aliphatic rings. The molecule has 0 radical (unpaired) electrons. The van der Waals surface area contributed by atoms with Crippen molar-refractivity contribution in [2.45, 2.75) is 6.92 Å². The van der Waals surface area contributed by atoms with Gasteiger partial charge in [-0.2, -0.15) is 0 Å². The van der Waals surface area contributed by atoms with E-state index in [0.29, 0.717) is 4.73 Å². The maximum absolute atomic E-state index is 4.09. The molecule has 0 fully saturated rings. The zero-order valence-corrected chi connectivity index (χ0v) is 9.32. The number of halogens is 1. The summed E-state index contributed by atoms with van der Waals surface area (Å²) in [6, 6.07) is 8.28. The van der Waals surface area contributed by atoms with Crippen LogP contribution in [0.15, 0.2) is 41.4 Å². The molecule has 0 spiro atoms. The van der Waals surface area contributed by atoms with Crippen molar-refractivity contribution in [2.24, 2.45) is 0 Å². The standard InChI is InChI=1S/C11H9BrN2/c1-8-3-2-4-9(5-8)10-6-13-11(12)14-7-10/h2-7H,1H3. The first-order chi connectivity index (χ1) is 6.75. The molecular formula is C11H9BrN2. The van der Waals surface area contributed by atoms with Crippen LogP contribution >= 0.6 is 15.9 Å². The van der Waals surface area contributed by atoms with E-state index >= 15 is 0 Å². The fourth-order valence-electron chi connectivity index (χ4n) is 1.29. The molecule has 0 atom stereocenters. The Hall–Kier alpha value is -1.22. The molecule has 0 amide bonds. The Kier molecular flexibility index (Phi) is 2.59. The predicted octanol–water partition coefficient (Wildman–Crippen LogP) is 3.21. The van der Waals surface area contributed by atoms with Crippen molar-refractivity contribution < 1.29 is 0 Å². The highest BCUT2D eigenvalue weighted by Gasteiger charge is 1.98. The maximum atomic E-state index is 4.09. The lowest BCUT2D eigenvalue weighted by atomic mass is 10.1. The molecule has 2 aromatic rings. The molecule has 0 bridgehead atoms. The van der Waals surface area contributed by atoms with Crippen LogP contribution in [0.4, 0.5) is 0 Å². The van der Waals surface area contributed by atoms with E-state index in [1.807, 2.05) is 18.5 Å². The molecule has 3 heteroatoms. The largest absolute Gasteiger partial charge is 0.230 e. The van der Waals surface area contributed by atoms with Gasteiger partial charge in [0.1, 0.15) is 0 Å². The van der Waals surface area contributed by atoms with Crippen LogP contribution in [-0.4, -0.2) is 9.97 Å². The van der Waals surface area contributed by atoms with Crippen molar-refractivity contribution in [3.8, 4) is 11.1 Å². The lowest BCUT2D eigenvalue weighted by molar-refractivity contribution is 1.11. The van der Waals surface area contributed by atoms with Gasteiger partial charge in [0.15, 0.2) is 4.73 Å². The third-order valence-electron chi connectivity index (χ3n) is 1.97. The van der Waals surface area contributed by atoms with Crippen molar-refractivity contribution in [3.05, 3.63) is 47.0 Å². The number of hydrogen-bond donors (Lipinski definition) is 0. The average molecular weight is 249 g/mol. The summed E-state index contributed by atoms with van der Waals surface area (Å²) in [4.78, 5) is 8.18. The summed E-state index contributed by atoms with van der Waals surface area (Å²) in [7, 11) is 0. The molecule has 1 heterocycles. The van der Waals surface area contributed by atoms with Crippen LogP contribution in [0.1, 0.15) is 5.56 Å².